The predicted molar refractivity (Wildman–Crippen MR) is 61.0 cm³/mol. The second-order valence-electron chi connectivity index (χ2n) is 3.73. The zero-order valence-corrected chi connectivity index (χ0v) is 9.48. The van der Waals surface area contributed by atoms with Crippen LogP contribution in [0.1, 0.15) is 16.1 Å². The molecule has 0 fully saturated rings. The van der Waals surface area contributed by atoms with E-state index in [1.54, 1.807) is 0 Å². The summed E-state index contributed by atoms with van der Waals surface area (Å²) in [7, 11) is 0. The molecule has 0 atom stereocenters. The van der Waals surface area contributed by atoms with Gasteiger partial charge in [-0.05, 0) is 24.3 Å². The van der Waals surface area contributed by atoms with Crippen LogP contribution in [0.3, 0.4) is 0 Å². The monoisotopic (exact) mass is 267 g/mol. The summed E-state index contributed by atoms with van der Waals surface area (Å²) in [5, 5.41) is 0. The molecule has 0 saturated carbocycles. The first-order valence-corrected chi connectivity index (χ1v) is 5.17. The van der Waals surface area contributed by atoms with Crippen molar-refractivity contribution in [2.24, 2.45) is 5.73 Å². The van der Waals surface area contributed by atoms with E-state index in [2.05, 4.69) is 9.97 Å². The third-order valence-corrected chi connectivity index (χ3v) is 2.40. The molecular weight excluding hydrogens is 259 g/mol. The van der Waals surface area contributed by atoms with Gasteiger partial charge in [-0.3, -0.25) is 14.8 Å². The molecule has 7 heteroatoms. The largest absolute Gasteiger partial charge is 0.433 e. The van der Waals surface area contributed by atoms with Crippen molar-refractivity contribution in [3.8, 4) is 11.3 Å². The Morgan fingerprint density at radius 1 is 1.05 bits per heavy atom. The summed E-state index contributed by atoms with van der Waals surface area (Å²) in [6.07, 6.45) is -2.13. The fourth-order valence-electron chi connectivity index (χ4n) is 1.42. The van der Waals surface area contributed by atoms with Crippen LogP contribution in [0.5, 0.6) is 0 Å². The van der Waals surface area contributed by atoms with Gasteiger partial charge < -0.3 is 5.73 Å². The summed E-state index contributed by atoms with van der Waals surface area (Å²) in [6, 6.07) is 5.08. The Hall–Kier alpha value is -2.44. The maximum Gasteiger partial charge on any atom is 0.433 e. The number of alkyl halides is 3. The maximum absolute atomic E-state index is 12.3. The van der Waals surface area contributed by atoms with Gasteiger partial charge in [0.2, 0.25) is 5.91 Å². The number of hydrogen-bond acceptors (Lipinski definition) is 3. The summed E-state index contributed by atoms with van der Waals surface area (Å²) in [4.78, 5) is 18.1. The summed E-state index contributed by atoms with van der Waals surface area (Å²) in [5.74, 6) is -0.621. The van der Waals surface area contributed by atoms with Crippen LogP contribution < -0.4 is 5.73 Å². The average Bonchev–Trinajstić information content (AvgIpc) is 2.38. The van der Waals surface area contributed by atoms with Gasteiger partial charge in [-0.25, -0.2) is 0 Å². The molecule has 1 amide bonds. The van der Waals surface area contributed by atoms with Crippen LogP contribution in [-0.2, 0) is 6.18 Å². The van der Waals surface area contributed by atoms with E-state index in [4.69, 9.17) is 5.73 Å². The van der Waals surface area contributed by atoms with E-state index in [0.29, 0.717) is 11.3 Å². The van der Waals surface area contributed by atoms with Gasteiger partial charge in [0.25, 0.3) is 0 Å². The van der Waals surface area contributed by atoms with E-state index in [9.17, 15) is 18.0 Å². The van der Waals surface area contributed by atoms with Crippen LogP contribution >= 0.6 is 0 Å². The highest BCUT2D eigenvalue weighted by molar-refractivity contribution is 5.92. The smallest absolute Gasteiger partial charge is 0.366 e. The SMILES string of the molecule is NC(=O)c1ccc(-c2ccc(C(F)(F)F)nc2)nc1. The quantitative estimate of drug-likeness (QED) is 0.907. The standard InChI is InChI=1S/C12H8F3N3O/c13-12(14,15)10-4-2-7(5-18-10)9-3-1-8(6-17-9)11(16)19/h1-6H,(H2,16,19). The molecule has 0 radical (unpaired) electrons. The first kappa shape index (κ1) is 13.0. The topological polar surface area (TPSA) is 68.9 Å². The average molecular weight is 267 g/mol. The first-order valence-electron chi connectivity index (χ1n) is 5.17. The summed E-state index contributed by atoms with van der Waals surface area (Å²) >= 11 is 0. The van der Waals surface area contributed by atoms with Crippen LogP contribution in [0, 0.1) is 0 Å². The van der Waals surface area contributed by atoms with Crippen molar-refractivity contribution in [1.29, 1.82) is 0 Å². The Labute approximate surface area is 106 Å². The number of carbonyl (C=O) groups excluding carboxylic acids is 1. The molecule has 0 bridgehead atoms. The molecule has 0 aliphatic rings. The number of hydrogen-bond donors (Lipinski definition) is 1. The van der Waals surface area contributed by atoms with Gasteiger partial charge in [-0.2, -0.15) is 13.2 Å². The predicted octanol–water partition coefficient (Wildman–Crippen LogP) is 2.26. The van der Waals surface area contributed by atoms with Gasteiger partial charge in [0.05, 0.1) is 11.3 Å². The van der Waals surface area contributed by atoms with Crippen molar-refractivity contribution >= 4 is 5.91 Å². The van der Waals surface area contributed by atoms with E-state index in [1.807, 2.05) is 0 Å². The number of primary amides is 1. The molecule has 0 saturated heterocycles. The lowest BCUT2D eigenvalue weighted by molar-refractivity contribution is -0.141. The Balaban J connectivity index is 2.30. The molecule has 0 aliphatic carbocycles. The number of aromatic nitrogens is 2. The van der Waals surface area contributed by atoms with Crippen LogP contribution in [0.4, 0.5) is 13.2 Å². The number of rotatable bonds is 2. The summed E-state index contributed by atoms with van der Waals surface area (Å²) in [5.41, 5.74) is 5.14. The van der Waals surface area contributed by atoms with E-state index in [-0.39, 0.29) is 5.56 Å². The molecule has 0 unspecified atom stereocenters. The van der Waals surface area contributed by atoms with Gasteiger partial charge in [-0.1, -0.05) is 0 Å². The third-order valence-electron chi connectivity index (χ3n) is 2.40. The van der Waals surface area contributed by atoms with Crippen molar-refractivity contribution in [2.75, 3.05) is 0 Å². The minimum absolute atomic E-state index is 0.226. The Kier molecular flexibility index (Phi) is 3.20. The highest BCUT2D eigenvalue weighted by Crippen LogP contribution is 2.28. The molecule has 0 aliphatic heterocycles. The molecule has 4 nitrogen and oxygen atoms in total. The van der Waals surface area contributed by atoms with Crippen LogP contribution in [0.2, 0.25) is 0 Å². The lowest BCUT2D eigenvalue weighted by Gasteiger charge is -2.06. The fraction of sp³-hybridized carbons (Fsp3) is 0.0833. The Bertz CT molecular complexity index is 591. The second kappa shape index (κ2) is 4.68. The normalized spacial score (nSPS) is 11.3. The number of nitrogens with zero attached hydrogens (tertiary/aromatic N) is 2. The Morgan fingerprint density at radius 2 is 1.79 bits per heavy atom. The van der Waals surface area contributed by atoms with Crippen LogP contribution in [-0.4, -0.2) is 15.9 Å². The van der Waals surface area contributed by atoms with Crippen LogP contribution in [0.25, 0.3) is 11.3 Å². The molecular formula is C12H8F3N3O. The number of carbonyl (C=O) groups is 1. The number of halogens is 3. The summed E-state index contributed by atoms with van der Waals surface area (Å²) in [6.45, 7) is 0. The van der Waals surface area contributed by atoms with Crippen molar-refractivity contribution in [2.45, 2.75) is 6.18 Å². The zero-order chi connectivity index (χ0) is 14.0. The molecule has 0 aromatic carbocycles. The lowest BCUT2D eigenvalue weighted by atomic mass is 10.1. The fourth-order valence-corrected chi connectivity index (χ4v) is 1.42. The molecule has 2 aromatic heterocycles. The van der Waals surface area contributed by atoms with Crippen molar-refractivity contribution < 1.29 is 18.0 Å². The van der Waals surface area contributed by atoms with Gasteiger partial charge in [0, 0.05) is 18.0 Å². The minimum atomic E-state index is -4.47. The molecule has 2 N–H and O–H groups in total. The zero-order valence-electron chi connectivity index (χ0n) is 9.48. The van der Waals surface area contributed by atoms with Crippen molar-refractivity contribution in [1.82, 2.24) is 9.97 Å². The van der Waals surface area contributed by atoms with E-state index in [1.165, 1.54) is 24.4 Å². The lowest BCUT2D eigenvalue weighted by Crippen LogP contribution is -2.11. The number of amides is 1. The minimum Gasteiger partial charge on any atom is -0.366 e. The molecule has 0 spiro atoms. The molecule has 98 valence electrons. The highest BCUT2D eigenvalue weighted by Gasteiger charge is 2.32. The van der Waals surface area contributed by atoms with Crippen molar-refractivity contribution in [3.63, 3.8) is 0 Å². The number of pyridine rings is 2. The third kappa shape index (κ3) is 2.87. The van der Waals surface area contributed by atoms with E-state index < -0.39 is 17.8 Å². The first-order chi connectivity index (χ1) is 8.88. The number of nitrogens with two attached hydrogens (primary N) is 1. The highest BCUT2D eigenvalue weighted by atomic mass is 19.4. The molecule has 2 rings (SSSR count). The van der Waals surface area contributed by atoms with E-state index >= 15 is 0 Å². The summed E-state index contributed by atoms with van der Waals surface area (Å²) < 4.78 is 37.0. The van der Waals surface area contributed by atoms with E-state index in [0.717, 1.165) is 12.3 Å². The van der Waals surface area contributed by atoms with Crippen molar-refractivity contribution in [3.05, 3.63) is 47.9 Å². The van der Waals surface area contributed by atoms with Gasteiger partial charge in [-0.15, -0.1) is 0 Å². The molecule has 19 heavy (non-hydrogen) atoms. The Morgan fingerprint density at radius 3 is 2.21 bits per heavy atom. The van der Waals surface area contributed by atoms with Gasteiger partial charge >= 0.3 is 6.18 Å². The maximum atomic E-state index is 12.3. The molecule has 2 aromatic rings. The molecule has 2 heterocycles. The van der Waals surface area contributed by atoms with Crippen LogP contribution in [0.15, 0.2) is 36.7 Å². The van der Waals surface area contributed by atoms with Gasteiger partial charge in [0.15, 0.2) is 0 Å². The van der Waals surface area contributed by atoms with Gasteiger partial charge in [0.1, 0.15) is 5.69 Å². The second-order valence-corrected chi connectivity index (χ2v) is 3.73.